The second-order valence-electron chi connectivity index (χ2n) is 4.91. The molecule has 0 unspecified atom stereocenters. The van der Waals surface area contributed by atoms with Crippen LogP contribution >= 0.6 is 0 Å². The Balaban J connectivity index is 2.51. The maximum atomic E-state index is 11.7. The van der Waals surface area contributed by atoms with Gasteiger partial charge in [-0.15, -0.1) is 0 Å². The second-order valence-corrected chi connectivity index (χ2v) is 7.14. The van der Waals surface area contributed by atoms with Gasteiger partial charge >= 0.3 is 0 Å². The fourth-order valence-electron chi connectivity index (χ4n) is 1.71. The molecule has 0 saturated heterocycles. The third-order valence-electron chi connectivity index (χ3n) is 2.27. The molecule has 0 fully saturated rings. The van der Waals surface area contributed by atoms with E-state index in [4.69, 9.17) is 0 Å². The first kappa shape index (κ1) is 14.9. The first-order valence-electron chi connectivity index (χ1n) is 6.05. The lowest BCUT2D eigenvalue weighted by Crippen LogP contribution is -2.21. The summed E-state index contributed by atoms with van der Waals surface area (Å²) in [5.74, 6) is 0.990. The fraction of sp³-hybridized carbons (Fsp3) is 0.667. The van der Waals surface area contributed by atoms with Gasteiger partial charge in [0.25, 0.3) is 0 Å². The molecular formula is C12H21N3O2S. The largest absolute Gasteiger partial charge is 0.353 e. The average molecular weight is 271 g/mol. The van der Waals surface area contributed by atoms with Crippen LogP contribution in [0.3, 0.4) is 0 Å². The Hall–Kier alpha value is -1.17. The van der Waals surface area contributed by atoms with Gasteiger partial charge in [0.2, 0.25) is 5.95 Å². The van der Waals surface area contributed by atoms with E-state index in [-0.39, 0.29) is 17.4 Å². The highest BCUT2D eigenvalue weighted by atomic mass is 32.2. The molecule has 0 bridgehead atoms. The zero-order valence-corrected chi connectivity index (χ0v) is 12.2. The highest BCUT2D eigenvalue weighted by molar-refractivity contribution is 7.91. The third kappa shape index (κ3) is 5.44. The molecule has 5 nitrogen and oxygen atoms in total. The van der Waals surface area contributed by atoms with Crippen molar-refractivity contribution in [2.45, 2.75) is 27.7 Å². The minimum atomic E-state index is -2.99. The molecule has 0 atom stereocenters. The summed E-state index contributed by atoms with van der Waals surface area (Å²) in [6.45, 7) is 7.92. The summed E-state index contributed by atoms with van der Waals surface area (Å²) in [6.07, 6.45) is 0. The van der Waals surface area contributed by atoms with Crippen molar-refractivity contribution in [1.82, 2.24) is 9.97 Å². The molecule has 0 amide bonds. The van der Waals surface area contributed by atoms with Crippen molar-refractivity contribution in [3.63, 3.8) is 0 Å². The zero-order valence-electron chi connectivity index (χ0n) is 11.4. The number of sulfone groups is 1. The first-order valence-corrected chi connectivity index (χ1v) is 7.87. The number of nitrogens with zero attached hydrogens (tertiary/aromatic N) is 2. The number of rotatable bonds is 6. The van der Waals surface area contributed by atoms with Crippen LogP contribution in [0.15, 0.2) is 6.07 Å². The molecule has 0 aliphatic heterocycles. The summed E-state index contributed by atoms with van der Waals surface area (Å²) >= 11 is 0. The lowest BCUT2D eigenvalue weighted by atomic mass is 10.3. The van der Waals surface area contributed by atoms with Crippen molar-refractivity contribution < 1.29 is 8.42 Å². The summed E-state index contributed by atoms with van der Waals surface area (Å²) < 4.78 is 23.4. The highest BCUT2D eigenvalue weighted by Gasteiger charge is 2.12. The fourth-order valence-corrected chi connectivity index (χ4v) is 3.31. The van der Waals surface area contributed by atoms with Crippen molar-refractivity contribution >= 4 is 15.8 Å². The van der Waals surface area contributed by atoms with Crippen LogP contribution in [-0.2, 0) is 9.84 Å². The van der Waals surface area contributed by atoms with Crippen LogP contribution in [0.2, 0.25) is 0 Å². The topological polar surface area (TPSA) is 72.0 Å². The molecule has 1 aromatic heterocycles. The van der Waals surface area contributed by atoms with Crippen molar-refractivity contribution in [3.05, 3.63) is 17.5 Å². The molecule has 0 aliphatic rings. The van der Waals surface area contributed by atoms with Crippen LogP contribution in [0, 0.1) is 19.8 Å². The normalized spacial score (nSPS) is 11.8. The minimum absolute atomic E-state index is 0.113. The van der Waals surface area contributed by atoms with Gasteiger partial charge in [0.1, 0.15) is 0 Å². The van der Waals surface area contributed by atoms with Gasteiger partial charge in [0, 0.05) is 17.9 Å². The van der Waals surface area contributed by atoms with Gasteiger partial charge in [-0.2, -0.15) is 0 Å². The van der Waals surface area contributed by atoms with Crippen molar-refractivity contribution in [3.8, 4) is 0 Å². The van der Waals surface area contributed by atoms with E-state index in [0.717, 1.165) is 11.4 Å². The third-order valence-corrected chi connectivity index (χ3v) is 4.27. The van der Waals surface area contributed by atoms with E-state index >= 15 is 0 Å². The molecular weight excluding hydrogens is 250 g/mol. The SMILES string of the molecule is Cc1cc(C)nc(NCCS(=O)(=O)CC(C)C)n1. The van der Waals surface area contributed by atoms with Gasteiger partial charge in [-0.05, 0) is 25.8 Å². The first-order chi connectivity index (χ1) is 8.28. The summed E-state index contributed by atoms with van der Waals surface area (Å²) in [4.78, 5) is 8.39. The Bertz CT molecular complexity index is 478. The number of aromatic nitrogens is 2. The van der Waals surface area contributed by atoms with Crippen molar-refractivity contribution in [2.24, 2.45) is 5.92 Å². The predicted octanol–water partition coefficient (Wildman–Crippen LogP) is 1.58. The number of aryl methyl sites for hydroxylation is 2. The van der Waals surface area contributed by atoms with Gasteiger partial charge in [-0.3, -0.25) is 0 Å². The van der Waals surface area contributed by atoms with Gasteiger partial charge < -0.3 is 5.32 Å². The number of anilines is 1. The van der Waals surface area contributed by atoms with E-state index in [0.29, 0.717) is 12.5 Å². The summed E-state index contributed by atoms with van der Waals surface area (Å²) in [5.41, 5.74) is 1.74. The molecule has 0 spiro atoms. The molecule has 0 saturated carbocycles. The maximum absolute atomic E-state index is 11.7. The Labute approximate surface area is 109 Å². The Kier molecular flexibility index (Phi) is 5.07. The minimum Gasteiger partial charge on any atom is -0.353 e. The molecule has 0 radical (unpaired) electrons. The van der Waals surface area contributed by atoms with E-state index < -0.39 is 9.84 Å². The molecule has 0 aliphatic carbocycles. The van der Waals surface area contributed by atoms with Crippen LogP contribution in [0.1, 0.15) is 25.2 Å². The van der Waals surface area contributed by atoms with Crippen LogP contribution in [0.25, 0.3) is 0 Å². The predicted molar refractivity (Wildman–Crippen MR) is 73.5 cm³/mol. The monoisotopic (exact) mass is 271 g/mol. The molecule has 1 rings (SSSR count). The quantitative estimate of drug-likeness (QED) is 0.850. The molecule has 1 N–H and O–H groups in total. The van der Waals surface area contributed by atoms with E-state index in [9.17, 15) is 8.42 Å². The Morgan fingerprint density at radius 1 is 1.22 bits per heavy atom. The van der Waals surface area contributed by atoms with E-state index in [1.807, 2.05) is 33.8 Å². The second kappa shape index (κ2) is 6.13. The molecule has 18 heavy (non-hydrogen) atoms. The smallest absolute Gasteiger partial charge is 0.223 e. The number of hydrogen-bond acceptors (Lipinski definition) is 5. The Morgan fingerprint density at radius 3 is 2.28 bits per heavy atom. The number of nitrogens with one attached hydrogen (secondary N) is 1. The lowest BCUT2D eigenvalue weighted by molar-refractivity contribution is 0.582. The van der Waals surface area contributed by atoms with E-state index in [1.54, 1.807) is 0 Å². The lowest BCUT2D eigenvalue weighted by Gasteiger charge is -2.08. The van der Waals surface area contributed by atoms with Crippen LogP contribution < -0.4 is 5.32 Å². The summed E-state index contributed by atoms with van der Waals surface area (Å²) in [6, 6.07) is 1.88. The molecule has 0 aromatic carbocycles. The molecule has 102 valence electrons. The van der Waals surface area contributed by atoms with Gasteiger partial charge in [0.05, 0.1) is 11.5 Å². The molecule has 6 heteroatoms. The maximum Gasteiger partial charge on any atom is 0.223 e. The van der Waals surface area contributed by atoms with Crippen molar-refractivity contribution in [1.29, 1.82) is 0 Å². The highest BCUT2D eigenvalue weighted by Crippen LogP contribution is 2.04. The average Bonchev–Trinajstić information content (AvgIpc) is 2.12. The van der Waals surface area contributed by atoms with Crippen LogP contribution in [-0.4, -0.2) is 36.4 Å². The van der Waals surface area contributed by atoms with Gasteiger partial charge in [-0.1, -0.05) is 13.8 Å². The molecule has 1 heterocycles. The number of hydrogen-bond donors (Lipinski definition) is 1. The Morgan fingerprint density at radius 2 is 1.78 bits per heavy atom. The van der Waals surface area contributed by atoms with E-state index in [2.05, 4.69) is 15.3 Å². The molecule has 1 aromatic rings. The standard InChI is InChI=1S/C12H21N3O2S/c1-9(2)8-18(16,17)6-5-13-12-14-10(3)7-11(4)15-12/h7,9H,5-6,8H2,1-4H3,(H,13,14,15). The summed E-state index contributed by atoms with van der Waals surface area (Å²) in [5, 5.41) is 2.95. The van der Waals surface area contributed by atoms with Crippen molar-refractivity contribution in [2.75, 3.05) is 23.4 Å². The van der Waals surface area contributed by atoms with Gasteiger partial charge in [-0.25, -0.2) is 18.4 Å². The van der Waals surface area contributed by atoms with Crippen LogP contribution in [0.5, 0.6) is 0 Å². The van der Waals surface area contributed by atoms with Gasteiger partial charge in [0.15, 0.2) is 9.84 Å². The van der Waals surface area contributed by atoms with E-state index in [1.165, 1.54) is 0 Å². The summed E-state index contributed by atoms with van der Waals surface area (Å²) in [7, 11) is -2.99. The zero-order chi connectivity index (χ0) is 13.8. The van der Waals surface area contributed by atoms with Crippen LogP contribution in [0.4, 0.5) is 5.95 Å².